The molecule has 1 saturated carbocycles. The summed E-state index contributed by atoms with van der Waals surface area (Å²) in [6, 6.07) is 5.75. The third-order valence-corrected chi connectivity index (χ3v) is 4.87. The van der Waals surface area contributed by atoms with Gasteiger partial charge in [0.2, 0.25) is 5.88 Å². The Morgan fingerprint density at radius 3 is 2.77 bits per heavy atom. The number of aryl methyl sites for hydroxylation is 1. The average Bonchev–Trinajstić information content (AvgIpc) is 3.37. The number of hydrogen-bond donors (Lipinski definition) is 3. The topological polar surface area (TPSA) is 148 Å². The molecule has 1 aliphatic carbocycles. The molecule has 0 aromatic carbocycles. The first-order chi connectivity index (χ1) is 14.6. The molecule has 0 amide bonds. The van der Waals surface area contributed by atoms with E-state index in [0.717, 1.165) is 25.0 Å². The maximum Gasteiger partial charge on any atom is 0.227 e. The SMILES string of the molecule is COc1cc(C)nc(O[C@@H]2CC[C@H](N)C2)c1-c1cc(Nc2cnc(C#N)cn2)n[nH]1. The van der Waals surface area contributed by atoms with Crippen LogP contribution in [0.3, 0.4) is 0 Å². The molecule has 10 heteroatoms. The number of ether oxygens (including phenoxy) is 2. The van der Waals surface area contributed by atoms with E-state index in [-0.39, 0.29) is 17.8 Å². The van der Waals surface area contributed by atoms with Crippen molar-refractivity contribution in [2.75, 3.05) is 12.4 Å². The molecule has 0 radical (unpaired) electrons. The van der Waals surface area contributed by atoms with Gasteiger partial charge in [0.1, 0.15) is 29.3 Å². The van der Waals surface area contributed by atoms with Crippen LogP contribution in [0, 0.1) is 18.3 Å². The van der Waals surface area contributed by atoms with Crippen LogP contribution in [0.25, 0.3) is 11.3 Å². The van der Waals surface area contributed by atoms with Crippen molar-refractivity contribution in [3.05, 3.63) is 35.9 Å². The van der Waals surface area contributed by atoms with Gasteiger partial charge in [0.25, 0.3) is 0 Å². The van der Waals surface area contributed by atoms with Crippen LogP contribution in [0.15, 0.2) is 24.5 Å². The number of aromatic nitrogens is 5. The highest BCUT2D eigenvalue weighted by Gasteiger charge is 2.26. The highest BCUT2D eigenvalue weighted by atomic mass is 16.5. The maximum atomic E-state index is 8.83. The molecule has 1 fully saturated rings. The van der Waals surface area contributed by atoms with Gasteiger partial charge < -0.3 is 20.5 Å². The molecule has 30 heavy (non-hydrogen) atoms. The quantitative estimate of drug-likeness (QED) is 0.561. The number of H-pyrrole nitrogens is 1. The van der Waals surface area contributed by atoms with Crippen molar-refractivity contribution in [3.63, 3.8) is 0 Å². The van der Waals surface area contributed by atoms with E-state index in [1.165, 1.54) is 12.4 Å². The van der Waals surface area contributed by atoms with Crippen molar-refractivity contribution in [2.45, 2.75) is 38.3 Å². The van der Waals surface area contributed by atoms with E-state index in [4.69, 9.17) is 20.5 Å². The Morgan fingerprint density at radius 2 is 2.10 bits per heavy atom. The molecule has 3 aromatic rings. The summed E-state index contributed by atoms with van der Waals surface area (Å²) in [6.45, 7) is 1.89. The standard InChI is InChI=1S/C20H22N8O2/c1-11-5-16(29-2)19(20(25-11)30-14-4-3-12(22)6-14)15-7-17(28-27-15)26-18-10-23-13(8-21)9-24-18/h5,7,9-10,12,14H,3-4,6,22H2,1-2H3,(H2,24,26,27,28)/t12-,14+/m0/s1. The van der Waals surface area contributed by atoms with Crippen LogP contribution in [0.5, 0.6) is 11.6 Å². The summed E-state index contributed by atoms with van der Waals surface area (Å²) in [5, 5.41) is 19.2. The average molecular weight is 406 g/mol. The molecule has 0 unspecified atom stereocenters. The minimum absolute atomic E-state index is 0.0206. The fourth-order valence-corrected chi connectivity index (χ4v) is 3.44. The molecule has 0 saturated heterocycles. The first-order valence-electron chi connectivity index (χ1n) is 9.58. The van der Waals surface area contributed by atoms with Crippen LogP contribution in [0.1, 0.15) is 30.7 Å². The van der Waals surface area contributed by atoms with E-state index in [1.54, 1.807) is 7.11 Å². The van der Waals surface area contributed by atoms with Gasteiger partial charge in [0.05, 0.1) is 25.2 Å². The zero-order chi connectivity index (χ0) is 21.1. The Bertz CT molecular complexity index is 1070. The number of nitrogens with two attached hydrogens (primary N) is 1. The van der Waals surface area contributed by atoms with Crippen molar-refractivity contribution < 1.29 is 9.47 Å². The Hall–Kier alpha value is -3.71. The normalized spacial score (nSPS) is 18.1. The number of anilines is 2. The van der Waals surface area contributed by atoms with E-state index in [0.29, 0.717) is 34.5 Å². The Labute approximate surface area is 173 Å². The monoisotopic (exact) mass is 406 g/mol. The van der Waals surface area contributed by atoms with Gasteiger partial charge in [-0.25, -0.2) is 15.0 Å². The highest BCUT2D eigenvalue weighted by Crippen LogP contribution is 2.39. The molecule has 154 valence electrons. The second kappa shape index (κ2) is 8.34. The van der Waals surface area contributed by atoms with Crippen molar-refractivity contribution >= 4 is 11.6 Å². The van der Waals surface area contributed by atoms with Crippen LogP contribution in [-0.4, -0.2) is 44.4 Å². The van der Waals surface area contributed by atoms with Crippen LogP contribution in [-0.2, 0) is 0 Å². The van der Waals surface area contributed by atoms with Crippen molar-refractivity contribution in [1.29, 1.82) is 5.26 Å². The third-order valence-electron chi connectivity index (χ3n) is 4.87. The molecule has 1 aliphatic rings. The summed E-state index contributed by atoms with van der Waals surface area (Å²) in [5.41, 5.74) is 8.43. The molecule has 0 spiro atoms. The number of nitriles is 1. The number of aromatic amines is 1. The van der Waals surface area contributed by atoms with E-state index in [1.807, 2.05) is 25.1 Å². The molecule has 4 rings (SSSR count). The van der Waals surface area contributed by atoms with Crippen molar-refractivity contribution in [1.82, 2.24) is 25.1 Å². The van der Waals surface area contributed by atoms with Crippen molar-refractivity contribution in [3.8, 4) is 29.0 Å². The molecule has 0 aliphatic heterocycles. The predicted octanol–water partition coefficient (Wildman–Crippen LogP) is 2.45. The molecule has 0 bridgehead atoms. The first kappa shape index (κ1) is 19.6. The number of pyridine rings is 1. The van der Waals surface area contributed by atoms with Crippen LogP contribution < -0.4 is 20.5 Å². The van der Waals surface area contributed by atoms with Crippen LogP contribution in [0.2, 0.25) is 0 Å². The van der Waals surface area contributed by atoms with Crippen LogP contribution in [0.4, 0.5) is 11.6 Å². The summed E-state index contributed by atoms with van der Waals surface area (Å²) < 4.78 is 11.8. The van der Waals surface area contributed by atoms with Gasteiger partial charge in [0.15, 0.2) is 11.5 Å². The molecule has 10 nitrogen and oxygen atoms in total. The minimum Gasteiger partial charge on any atom is -0.496 e. The third kappa shape index (κ3) is 4.16. The summed E-state index contributed by atoms with van der Waals surface area (Å²) in [5.74, 6) is 2.12. The zero-order valence-corrected chi connectivity index (χ0v) is 16.7. The number of nitrogens with zero attached hydrogens (tertiary/aromatic N) is 5. The fraction of sp³-hybridized carbons (Fsp3) is 0.350. The lowest BCUT2D eigenvalue weighted by atomic mass is 10.1. The van der Waals surface area contributed by atoms with Gasteiger partial charge in [-0.1, -0.05) is 0 Å². The molecule has 4 N–H and O–H groups in total. The molecular weight excluding hydrogens is 384 g/mol. The van der Waals surface area contributed by atoms with Gasteiger partial charge in [-0.2, -0.15) is 10.4 Å². The Balaban J connectivity index is 1.63. The Kier molecular flexibility index (Phi) is 5.45. The number of hydrogen-bond acceptors (Lipinski definition) is 9. The predicted molar refractivity (Wildman–Crippen MR) is 109 cm³/mol. The van der Waals surface area contributed by atoms with E-state index < -0.39 is 0 Å². The summed E-state index contributed by atoms with van der Waals surface area (Å²) in [6.07, 6.45) is 5.51. The van der Waals surface area contributed by atoms with Gasteiger partial charge in [0, 0.05) is 23.9 Å². The van der Waals surface area contributed by atoms with E-state index in [9.17, 15) is 0 Å². The number of methoxy groups -OCH3 is 1. The summed E-state index contributed by atoms with van der Waals surface area (Å²) >= 11 is 0. The minimum atomic E-state index is 0.0206. The van der Waals surface area contributed by atoms with E-state index >= 15 is 0 Å². The zero-order valence-electron chi connectivity index (χ0n) is 16.7. The molecule has 2 atom stereocenters. The Morgan fingerprint density at radius 1 is 1.23 bits per heavy atom. The molecular formula is C20H22N8O2. The second-order valence-corrected chi connectivity index (χ2v) is 7.15. The molecule has 3 aromatic heterocycles. The smallest absolute Gasteiger partial charge is 0.227 e. The van der Waals surface area contributed by atoms with Gasteiger partial charge >= 0.3 is 0 Å². The highest BCUT2D eigenvalue weighted by molar-refractivity contribution is 5.75. The lowest BCUT2D eigenvalue weighted by Gasteiger charge is -2.17. The second-order valence-electron chi connectivity index (χ2n) is 7.15. The van der Waals surface area contributed by atoms with Crippen molar-refractivity contribution in [2.24, 2.45) is 5.73 Å². The van der Waals surface area contributed by atoms with Gasteiger partial charge in [-0.3, -0.25) is 5.10 Å². The number of nitrogens with one attached hydrogen (secondary N) is 2. The lowest BCUT2D eigenvalue weighted by molar-refractivity contribution is 0.199. The first-order valence-corrected chi connectivity index (χ1v) is 9.58. The van der Waals surface area contributed by atoms with Gasteiger partial charge in [-0.15, -0.1) is 0 Å². The molecule has 3 heterocycles. The van der Waals surface area contributed by atoms with Crippen LogP contribution >= 0.6 is 0 Å². The van der Waals surface area contributed by atoms with Gasteiger partial charge in [-0.05, 0) is 26.2 Å². The largest absolute Gasteiger partial charge is 0.496 e. The number of rotatable bonds is 6. The summed E-state index contributed by atoms with van der Waals surface area (Å²) in [7, 11) is 1.61. The summed E-state index contributed by atoms with van der Waals surface area (Å²) in [4.78, 5) is 12.7. The van der Waals surface area contributed by atoms with E-state index in [2.05, 4.69) is 30.5 Å². The fourth-order valence-electron chi connectivity index (χ4n) is 3.44. The maximum absolute atomic E-state index is 8.83. The lowest BCUT2D eigenvalue weighted by Crippen LogP contribution is -2.19.